The molecule has 0 spiro atoms. The predicted molar refractivity (Wildman–Crippen MR) is 28.6 cm³/mol. The SMILES string of the molecule is O=[C]NCCC=C(F)F. The molecule has 0 heterocycles. The molecule has 0 aromatic heterocycles. The number of amides is 1. The summed E-state index contributed by atoms with van der Waals surface area (Å²) in [4.78, 5) is 9.41. The number of rotatable bonds is 4. The molecule has 0 aromatic carbocycles. The summed E-state index contributed by atoms with van der Waals surface area (Å²) >= 11 is 0. The smallest absolute Gasteiger partial charge is 0.309 e. The highest BCUT2D eigenvalue weighted by Gasteiger charge is 1.85. The van der Waals surface area contributed by atoms with Gasteiger partial charge in [0.1, 0.15) is 0 Å². The average Bonchev–Trinajstić information content (AvgIpc) is 1.80. The first-order chi connectivity index (χ1) is 4.27. The molecule has 1 amide bonds. The zero-order valence-corrected chi connectivity index (χ0v) is 4.66. The molecule has 2 nitrogen and oxygen atoms in total. The molecule has 0 atom stereocenters. The fraction of sp³-hybridized carbons (Fsp3) is 0.400. The molecule has 1 N–H and O–H groups in total. The molecule has 0 unspecified atom stereocenters. The van der Waals surface area contributed by atoms with Crippen LogP contribution in [0.25, 0.3) is 0 Å². The Hall–Kier alpha value is -0.930. The van der Waals surface area contributed by atoms with Crippen molar-refractivity contribution in [2.45, 2.75) is 6.42 Å². The largest absolute Gasteiger partial charge is 0.348 e. The second-order valence-corrected chi connectivity index (χ2v) is 1.31. The van der Waals surface area contributed by atoms with Crippen LogP contribution in [0.3, 0.4) is 0 Å². The van der Waals surface area contributed by atoms with Crippen LogP contribution in [0.15, 0.2) is 12.2 Å². The molecule has 4 heteroatoms. The summed E-state index contributed by atoms with van der Waals surface area (Å²) in [6.45, 7) is 0.209. The zero-order chi connectivity index (χ0) is 7.11. The Morgan fingerprint density at radius 3 is 2.78 bits per heavy atom. The van der Waals surface area contributed by atoms with Crippen molar-refractivity contribution in [2.24, 2.45) is 0 Å². The van der Waals surface area contributed by atoms with Crippen LogP contribution in [0.1, 0.15) is 6.42 Å². The number of hydrogen-bond donors (Lipinski definition) is 1. The maximum atomic E-state index is 11.2. The number of halogens is 2. The first-order valence-electron chi connectivity index (χ1n) is 2.38. The molecule has 51 valence electrons. The minimum Gasteiger partial charge on any atom is -0.348 e. The third kappa shape index (κ3) is 7.07. The lowest BCUT2D eigenvalue weighted by molar-refractivity contribution is 0.417. The van der Waals surface area contributed by atoms with Crippen molar-refractivity contribution >= 4 is 6.41 Å². The van der Waals surface area contributed by atoms with Gasteiger partial charge < -0.3 is 5.32 Å². The summed E-state index contributed by atoms with van der Waals surface area (Å²) in [5, 5.41) is 2.12. The molecule has 0 rings (SSSR count). The highest BCUT2D eigenvalue weighted by molar-refractivity contribution is 5.46. The zero-order valence-electron chi connectivity index (χ0n) is 4.66. The molecule has 0 aliphatic carbocycles. The van der Waals surface area contributed by atoms with Gasteiger partial charge in [0.2, 0.25) is 0 Å². The van der Waals surface area contributed by atoms with Crippen LogP contribution in [0, 0.1) is 0 Å². The maximum Gasteiger partial charge on any atom is 0.309 e. The van der Waals surface area contributed by atoms with Crippen molar-refractivity contribution in [3.8, 4) is 0 Å². The molecular formula is C5H6F2NO. The van der Waals surface area contributed by atoms with Crippen molar-refractivity contribution < 1.29 is 13.6 Å². The third-order valence-corrected chi connectivity index (χ3v) is 0.640. The summed E-state index contributed by atoms with van der Waals surface area (Å²) in [6, 6.07) is 0. The van der Waals surface area contributed by atoms with Gasteiger partial charge in [0.05, 0.1) is 0 Å². The van der Waals surface area contributed by atoms with Gasteiger partial charge >= 0.3 is 6.41 Å². The summed E-state index contributed by atoms with van der Waals surface area (Å²) < 4.78 is 22.4. The van der Waals surface area contributed by atoms with Gasteiger partial charge in [-0.15, -0.1) is 0 Å². The second kappa shape index (κ2) is 5.21. The van der Waals surface area contributed by atoms with E-state index in [1.165, 1.54) is 6.41 Å². The quantitative estimate of drug-likeness (QED) is 0.447. The van der Waals surface area contributed by atoms with E-state index in [2.05, 4.69) is 5.32 Å². The normalized spacial score (nSPS) is 8.22. The lowest BCUT2D eigenvalue weighted by atomic mass is 10.4. The maximum absolute atomic E-state index is 11.2. The van der Waals surface area contributed by atoms with E-state index in [0.29, 0.717) is 0 Å². The van der Waals surface area contributed by atoms with E-state index in [0.717, 1.165) is 6.08 Å². The molecule has 0 fully saturated rings. The Labute approximate surface area is 51.6 Å². The Bertz CT molecular complexity index is 110. The standard InChI is InChI=1S/C5H6F2NO/c6-5(7)2-1-3-8-4-9/h2H,1,3H2,(H,8,9). The molecule has 0 aromatic rings. The summed E-state index contributed by atoms with van der Waals surface area (Å²) in [6.07, 6.45) is 0.538. The minimum absolute atomic E-state index is 0.150. The lowest BCUT2D eigenvalue weighted by Crippen LogP contribution is -2.10. The predicted octanol–water partition coefficient (Wildman–Crippen LogP) is 0.814. The second-order valence-electron chi connectivity index (χ2n) is 1.31. The Morgan fingerprint density at radius 1 is 1.67 bits per heavy atom. The van der Waals surface area contributed by atoms with Gasteiger partial charge in [0.25, 0.3) is 6.08 Å². The minimum atomic E-state index is -1.72. The van der Waals surface area contributed by atoms with Crippen LogP contribution in [0.4, 0.5) is 8.78 Å². The van der Waals surface area contributed by atoms with Crippen LogP contribution in [0.2, 0.25) is 0 Å². The summed E-state index contributed by atoms with van der Waals surface area (Å²) in [7, 11) is 0. The highest BCUT2D eigenvalue weighted by atomic mass is 19.3. The van der Waals surface area contributed by atoms with E-state index in [1.54, 1.807) is 0 Å². The summed E-state index contributed by atoms with van der Waals surface area (Å²) in [5.74, 6) is 0. The van der Waals surface area contributed by atoms with E-state index < -0.39 is 6.08 Å². The van der Waals surface area contributed by atoms with Crippen LogP contribution in [-0.4, -0.2) is 13.0 Å². The van der Waals surface area contributed by atoms with Crippen LogP contribution < -0.4 is 5.32 Å². The fourth-order valence-corrected chi connectivity index (χ4v) is 0.304. The van der Waals surface area contributed by atoms with Gasteiger partial charge in [-0.2, -0.15) is 8.78 Å². The van der Waals surface area contributed by atoms with Crippen molar-refractivity contribution in [1.29, 1.82) is 0 Å². The third-order valence-electron chi connectivity index (χ3n) is 0.640. The Kier molecular flexibility index (Phi) is 4.67. The monoisotopic (exact) mass is 134 g/mol. The lowest BCUT2D eigenvalue weighted by Gasteiger charge is -1.88. The van der Waals surface area contributed by atoms with Crippen molar-refractivity contribution in [1.82, 2.24) is 5.32 Å². The number of nitrogens with one attached hydrogen (secondary N) is 1. The van der Waals surface area contributed by atoms with Gasteiger partial charge in [-0.05, 0) is 12.5 Å². The Morgan fingerprint density at radius 2 is 2.33 bits per heavy atom. The topological polar surface area (TPSA) is 29.1 Å². The molecule has 0 saturated heterocycles. The number of hydrogen-bond acceptors (Lipinski definition) is 1. The van der Waals surface area contributed by atoms with E-state index in [1.807, 2.05) is 0 Å². The summed E-state index contributed by atoms with van der Waals surface area (Å²) in [5.41, 5.74) is 0. The first-order valence-corrected chi connectivity index (χ1v) is 2.38. The molecule has 0 bridgehead atoms. The molecule has 0 aliphatic heterocycles. The van der Waals surface area contributed by atoms with E-state index in [9.17, 15) is 13.6 Å². The molecular weight excluding hydrogens is 128 g/mol. The highest BCUT2D eigenvalue weighted by Crippen LogP contribution is 1.96. The van der Waals surface area contributed by atoms with Gasteiger partial charge in [0, 0.05) is 6.54 Å². The van der Waals surface area contributed by atoms with Crippen LogP contribution >= 0.6 is 0 Å². The molecule has 0 aliphatic rings. The molecule has 0 saturated carbocycles. The van der Waals surface area contributed by atoms with Crippen molar-refractivity contribution in [3.63, 3.8) is 0 Å². The van der Waals surface area contributed by atoms with Crippen molar-refractivity contribution in [3.05, 3.63) is 12.2 Å². The van der Waals surface area contributed by atoms with Gasteiger partial charge in [-0.3, -0.25) is 4.79 Å². The molecule has 1 radical (unpaired) electrons. The Balaban J connectivity index is 3.09. The van der Waals surface area contributed by atoms with Crippen LogP contribution in [0.5, 0.6) is 0 Å². The van der Waals surface area contributed by atoms with Gasteiger partial charge in [0.15, 0.2) is 0 Å². The van der Waals surface area contributed by atoms with Crippen molar-refractivity contribution in [2.75, 3.05) is 6.54 Å². The molecule has 9 heavy (non-hydrogen) atoms. The van der Waals surface area contributed by atoms with Gasteiger partial charge in [-0.1, -0.05) is 0 Å². The van der Waals surface area contributed by atoms with E-state index in [4.69, 9.17) is 0 Å². The van der Waals surface area contributed by atoms with E-state index >= 15 is 0 Å². The first kappa shape index (κ1) is 8.07. The number of carbonyl (C=O) groups excluding carboxylic acids is 1. The van der Waals surface area contributed by atoms with Crippen LogP contribution in [-0.2, 0) is 4.79 Å². The fourth-order valence-electron chi connectivity index (χ4n) is 0.304. The van der Waals surface area contributed by atoms with Gasteiger partial charge in [-0.25, -0.2) is 0 Å². The average molecular weight is 134 g/mol. The van der Waals surface area contributed by atoms with E-state index in [-0.39, 0.29) is 13.0 Å².